The van der Waals surface area contributed by atoms with E-state index in [1.807, 2.05) is 0 Å². The number of halogens is 4. The molecule has 1 aliphatic carbocycles. The summed E-state index contributed by atoms with van der Waals surface area (Å²) >= 11 is 5.59. The number of aryl methyl sites for hydroxylation is 1. The maximum atomic E-state index is 13.0. The van der Waals surface area contributed by atoms with Gasteiger partial charge >= 0.3 is 6.18 Å². The minimum Gasteiger partial charge on any atom is -0.343 e. The molecule has 0 atom stereocenters. The molecule has 1 saturated carbocycles. The highest BCUT2D eigenvalue weighted by atomic mass is 35.5. The maximum absolute atomic E-state index is 13.0. The average molecular weight is 473 g/mol. The number of aromatic nitrogens is 2. The molecule has 0 unspecified atom stereocenters. The van der Waals surface area contributed by atoms with Crippen LogP contribution in [0.4, 0.5) is 18.9 Å². The van der Waals surface area contributed by atoms with Crippen molar-refractivity contribution in [2.75, 3.05) is 5.32 Å². The molecule has 0 radical (unpaired) electrons. The molecule has 0 saturated heterocycles. The second-order valence-electron chi connectivity index (χ2n) is 7.93. The molecule has 32 heavy (non-hydrogen) atoms. The number of hydrogen-bond donors (Lipinski definition) is 2. The van der Waals surface area contributed by atoms with Crippen LogP contribution >= 0.6 is 11.6 Å². The number of anilines is 1. The summed E-state index contributed by atoms with van der Waals surface area (Å²) in [5, 5.41) is 9.00. The Bertz CT molecular complexity index is 969. The van der Waals surface area contributed by atoms with Crippen molar-refractivity contribution in [3.63, 3.8) is 0 Å². The summed E-state index contributed by atoms with van der Waals surface area (Å²) < 4.78 is 44.2. The van der Waals surface area contributed by atoms with E-state index in [4.69, 9.17) is 16.1 Å². The Morgan fingerprint density at radius 2 is 1.88 bits per heavy atom. The van der Waals surface area contributed by atoms with Gasteiger partial charge in [0.05, 0.1) is 10.6 Å². The predicted octanol–water partition coefficient (Wildman–Crippen LogP) is 5.00. The number of carbonyl (C=O) groups is 2. The summed E-state index contributed by atoms with van der Waals surface area (Å²) in [5.74, 6) is -0.0844. The summed E-state index contributed by atoms with van der Waals surface area (Å²) in [5.41, 5.74) is -1.73. The first-order chi connectivity index (χ1) is 15.1. The molecule has 11 heteroatoms. The summed E-state index contributed by atoms with van der Waals surface area (Å²) in [4.78, 5) is 28.4. The Morgan fingerprint density at radius 1 is 1.19 bits per heavy atom. The van der Waals surface area contributed by atoms with Crippen molar-refractivity contribution in [1.29, 1.82) is 0 Å². The highest BCUT2D eigenvalue weighted by molar-refractivity contribution is 6.31. The van der Waals surface area contributed by atoms with Gasteiger partial charge in [0.2, 0.25) is 17.7 Å². The van der Waals surface area contributed by atoms with Gasteiger partial charge in [-0.15, -0.1) is 0 Å². The molecule has 2 aromatic rings. The van der Waals surface area contributed by atoms with E-state index in [1.54, 1.807) is 0 Å². The first kappa shape index (κ1) is 24.0. The standard InChI is InChI=1S/C21H24ClF3N4O3/c1-13(30)28-20(10-4-2-3-5-11-20)19-27-18(32-29-19)9-8-17(31)26-14-6-7-16(22)15(12-14)21(23,24)25/h6-7,12H,2-5,8-11H2,1H3,(H,26,31)(H,28,30). The van der Waals surface area contributed by atoms with Gasteiger partial charge < -0.3 is 15.2 Å². The monoisotopic (exact) mass is 472 g/mol. The highest BCUT2D eigenvalue weighted by Crippen LogP contribution is 2.36. The molecule has 1 fully saturated rings. The van der Waals surface area contributed by atoms with Crippen LogP contribution in [0.2, 0.25) is 5.02 Å². The quantitative estimate of drug-likeness (QED) is 0.577. The lowest BCUT2D eigenvalue weighted by Crippen LogP contribution is -2.45. The van der Waals surface area contributed by atoms with Gasteiger partial charge in [0, 0.05) is 25.5 Å². The van der Waals surface area contributed by atoms with E-state index < -0.39 is 28.2 Å². The van der Waals surface area contributed by atoms with Crippen LogP contribution in [-0.2, 0) is 27.7 Å². The topological polar surface area (TPSA) is 97.1 Å². The summed E-state index contributed by atoms with van der Waals surface area (Å²) in [6, 6.07) is 3.16. The molecule has 1 aromatic heterocycles. The summed E-state index contributed by atoms with van der Waals surface area (Å²) in [7, 11) is 0. The predicted molar refractivity (Wildman–Crippen MR) is 111 cm³/mol. The van der Waals surface area contributed by atoms with Crippen LogP contribution in [0.5, 0.6) is 0 Å². The van der Waals surface area contributed by atoms with Gasteiger partial charge in [0.15, 0.2) is 5.82 Å². The molecule has 174 valence electrons. The molecular formula is C21H24ClF3N4O3. The fourth-order valence-corrected chi connectivity index (χ4v) is 4.11. The lowest BCUT2D eigenvalue weighted by atomic mass is 9.89. The molecule has 0 aliphatic heterocycles. The Balaban J connectivity index is 1.64. The molecule has 3 rings (SSSR count). The van der Waals surface area contributed by atoms with Crippen LogP contribution in [0.15, 0.2) is 22.7 Å². The number of hydrogen-bond acceptors (Lipinski definition) is 5. The fourth-order valence-electron chi connectivity index (χ4n) is 3.89. The van der Waals surface area contributed by atoms with Crippen LogP contribution in [0.1, 0.15) is 69.1 Å². The number of nitrogens with zero attached hydrogens (tertiary/aromatic N) is 2. The van der Waals surface area contributed by atoms with Crippen molar-refractivity contribution < 1.29 is 27.3 Å². The van der Waals surface area contributed by atoms with Crippen LogP contribution in [0.3, 0.4) is 0 Å². The van der Waals surface area contributed by atoms with E-state index in [9.17, 15) is 22.8 Å². The molecule has 1 aliphatic rings. The summed E-state index contributed by atoms with van der Waals surface area (Å²) in [6.07, 6.45) is 0.780. The number of nitrogens with one attached hydrogen (secondary N) is 2. The molecule has 0 bridgehead atoms. The number of carbonyl (C=O) groups excluding carboxylic acids is 2. The number of rotatable bonds is 6. The van der Waals surface area contributed by atoms with Gasteiger partial charge in [-0.3, -0.25) is 9.59 Å². The van der Waals surface area contributed by atoms with E-state index in [2.05, 4.69) is 20.8 Å². The van der Waals surface area contributed by atoms with Crippen molar-refractivity contribution >= 4 is 29.1 Å². The largest absolute Gasteiger partial charge is 0.417 e. The molecule has 1 heterocycles. The zero-order valence-corrected chi connectivity index (χ0v) is 18.3. The third-order valence-corrected chi connectivity index (χ3v) is 5.72. The van der Waals surface area contributed by atoms with Gasteiger partial charge in [-0.05, 0) is 31.0 Å². The van der Waals surface area contributed by atoms with Gasteiger partial charge in [-0.1, -0.05) is 42.4 Å². The summed E-state index contributed by atoms with van der Waals surface area (Å²) in [6.45, 7) is 1.44. The maximum Gasteiger partial charge on any atom is 0.417 e. The molecule has 2 amide bonds. The number of alkyl halides is 3. The zero-order valence-electron chi connectivity index (χ0n) is 17.5. The zero-order chi connectivity index (χ0) is 23.4. The fraction of sp³-hybridized carbons (Fsp3) is 0.524. The third kappa shape index (κ3) is 5.99. The first-order valence-corrected chi connectivity index (χ1v) is 10.8. The van der Waals surface area contributed by atoms with E-state index in [0.29, 0.717) is 18.7 Å². The molecule has 1 aromatic carbocycles. The van der Waals surface area contributed by atoms with Crippen LogP contribution < -0.4 is 10.6 Å². The highest BCUT2D eigenvalue weighted by Gasteiger charge is 2.38. The normalized spacial score (nSPS) is 16.3. The van der Waals surface area contributed by atoms with Crippen LogP contribution in [0, 0.1) is 0 Å². The van der Waals surface area contributed by atoms with E-state index in [-0.39, 0.29) is 30.3 Å². The van der Waals surface area contributed by atoms with Crippen molar-refractivity contribution in [3.8, 4) is 0 Å². The second-order valence-corrected chi connectivity index (χ2v) is 8.34. The lowest BCUT2D eigenvalue weighted by molar-refractivity contribution is -0.137. The van der Waals surface area contributed by atoms with Crippen LogP contribution in [-0.4, -0.2) is 22.0 Å². The smallest absolute Gasteiger partial charge is 0.343 e. The Kier molecular flexibility index (Phi) is 7.43. The van der Waals surface area contributed by atoms with Crippen molar-refractivity contribution in [2.45, 2.75) is 70.0 Å². The third-order valence-electron chi connectivity index (χ3n) is 5.39. The molecule has 7 nitrogen and oxygen atoms in total. The average Bonchev–Trinajstić information content (AvgIpc) is 3.07. The first-order valence-electron chi connectivity index (χ1n) is 10.4. The minimum absolute atomic E-state index is 0.0130. The van der Waals surface area contributed by atoms with E-state index in [1.165, 1.54) is 13.0 Å². The van der Waals surface area contributed by atoms with Crippen molar-refractivity contribution in [3.05, 3.63) is 40.5 Å². The SMILES string of the molecule is CC(=O)NC1(c2noc(CCC(=O)Nc3ccc(Cl)c(C(F)(F)F)c3)n2)CCCCCC1. The Hall–Kier alpha value is -2.62. The van der Waals surface area contributed by atoms with E-state index >= 15 is 0 Å². The van der Waals surface area contributed by atoms with Crippen molar-refractivity contribution in [2.24, 2.45) is 0 Å². The van der Waals surface area contributed by atoms with Gasteiger partial charge in [0.1, 0.15) is 5.54 Å². The van der Waals surface area contributed by atoms with E-state index in [0.717, 1.165) is 37.8 Å². The lowest BCUT2D eigenvalue weighted by Gasteiger charge is -2.30. The Morgan fingerprint density at radius 3 is 2.50 bits per heavy atom. The van der Waals surface area contributed by atoms with Gasteiger partial charge in [-0.25, -0.2) is 0 Å². The van der Waals surface area contributed by atoms with Gasteiger partial charge in [0.25, 0.3) is 0 Å². The Labute approximate surface area is 188 Å². The van der Waals surface area contributed by atoms with Gasteiger partial charge in [-0.2, -0.15) is 18.2 Å². The molecular weight excluding hydrogens is 449 g/mol. The second kappa shape index (κ2) is 9.89. The van der Waals surface area contributed by atoms with Crippen molar-refractivity contribution in [1.82, 2.24) is 15.5 Å². The molecule has 0 spiro atoms. The number of benzene rings is 1. The minimum atomic E-state index is -4.63. The number of amides is 2. The molecule has 2 N–H and O–H groups in total. The van der Waals surface area contributed by atoms with Crippen LogP contribution in [0.25, 0.3) is 0 Å².